The molecule has 1 aliphatic carbocycles. The summed E-state index contributed by atoms with van der Waals surface area (Å²) in [5.74, 6) is 1.21. The maximum atomic E-state index is 13.0. The quantitative estimate of drug-likeness (QED) is 0.728. The predicted octanol–water partition coefficient (Wildman–Crippen LogP) is 2.52. The summed E-state index contributed by atoms with van der Waals surface area (Å²) in [5, 5.41) is 0. The molecule has 0 spiro atoms. The Balaban J connectivity index is 2.24. The van der Waals surface area contributed by atoms with Gasteiger partial charge in [-0.15, -0.1) is 0 Å². The van der Waals surface area contributed by atoms with E-state index in [0.717, 1.165) is 5.56 Å². The van der Waals surface area contributed by atoms with Gasteiger partial charge in [0.15, 0.2) is 0 Å². The first-order chi connectivity index (χ1) is 6.61. The second-order valence-corrected chi connectivity index (χ2v) is 4.38. The molecule has 1 nitrogen and oxygen atoms in total. The van der Waals surface area contributed by atoms with Gasteiger partial charge in [0.05, 0.1) is 0 Å². The van der Waals surface area contributed by atoms with Crippen LogP contribution in [0.15, 0.2) is 24.3 Å². The van der Waals surface area contributed by atoms with Crippen molar-refractivity contribution in [3.8, 4) is 0 Å². The van der Waals surface area contributed by atoms with E-state index < -0.39 is 0 Å². The molecular formula is C12H16FN. The Labute approximate surface area is 84.1 Å². The Bertz CT molecular complexity index is 327. The zero-order valence-corrected chi connectivity index (χ0v) is 8.57. The number of rotatable bonds is 1. The van der Waals surface area contributed by atoms with Gasteiger partial charge in [-0.25, -0.2) is 4.39 Å². The van der Waals surface area contributed by atoms with Crippen LogP contribution in [0.1, 0.15) is 25.3 Å². The van der Waals surface area contributed by atoms with Crippen LogP contribution in [-0.4, -0.2) is 6.04 Å². The minimum absolute atomic E-state index is 0.151. The fourth-order valence-electron chi connectivity index (χ4n) is 2.61. The second kappa shape index (κ2) is 3.35. The number of halogens is 1. The predicted molar refractivity (Wildman–Crippen MR) is 55.4 cm³/mol. The minimum atomic E-state index is -0.151. The number of hydrogen-bond donors (Lipinski definition) is 1. The van der Waals surface area contributed by atoms with Crippen LogP contribution in [-0.2, 0) is 0 Å². The number of benzene rings is 1. The molecule has 0 saturated heterocycles. The summed E-state index contributed by atoms with van der Waals surface area (Å²) in [6.07, 6.45) is 0. The number of hydrogen-bond acceptors (Lipinski definition) is 1. The highest BCUT2D eigenvalue weighted by molar-refractivity contribution is 5.26. The maximum absolute atomic E-state index is 13.0. The monoisotopic (exact) mass is 193 g/mol. The first kappa shape index (κ1) is 9.66. The van der Waals surface area contributed by atoms with Gasteiger partial charge in [-0.2, -0.15) is 0 Å². The van der Waals surface area contributed by atoms with Crippen molar-refractivity contribution in [3.05, 3.63) is 35.6 Å². The molecule has 2 unspecified atom stereocenters. The lowest BCUT2D eigenvalue weighted by Crippen LogP contribution is -2.52. The Morgan fingerprint density at radius 2 is 1.86 bits per heavy atom. The summed E-state index contributed by atoms with van der Waals surface area (Å²) >= 11 is 0. The van der Waals surface area contributed by atoms with Gasteiger partial charge in [0, 0.05) is 6.04 Å². The van der Waals surface area contributed by atoms with Gasteiger partial charge < -0.3 is 5.73 Å². The van der Waals surface area contributed by atoms with E-state index in [4.69, 9.17) is 5.73 Å². The van der Waals surface area contributed by atoms with E-state index in [0.29, 0.717) is 17.8 Å². The van der Waals surface area contributed by atoms with Crippen molar-refractivity contribution in [2.45, 2.75) is 25.8 Å². The second-order valence-electron chi connectivity index (χ2n) is 4.38. The topological polar surface area (TPSA) is 26.0 Å². The van der Waals surface area contributed by atoms with Gasteiger partial charge in [0.25, 0.3) is 0 Å². The van der Waals surface area contributed by atoms with E-state index in [9.17, 15) is 4.39 Å². The van der Waals surface area contributed by atoms with Crippen molar-refractivity contribution in [2.24, 2.45) is 17.6 Å². The molecule has 2 rings (SSSR count). The lowest BCUT2D eigenvalue weighted by atomic mass is 9.60. The molecule has 0 aliphatic heterocycles. The molecule has 1 aromatic carbocycles. The summed E-state index contributed by atoms with van der Waals surface area (Å²) in [4.78, 5) is 0. The van der Waals surface area contributed by atoms with Gasteiger partial charge in [-0.1, -0.05) is 26.0 Å². The van der Waals surface area contributed by atoms with Gasteiger partial charge in [0.1, 0.15) is 5.82 Å². The summed E-state index contributed by atoms with van der Waals surface area (Å²) in [7, 11) is 0. The molecule has 1 aliphatic rings. The fraction of sp³-hybridized carbons (Fsp3) is 0.500. The van der Waals surface area contributed by atoms with Gasteiger partial charge in [-0.3, -0.25) is 0 Å². The molecule has 2 atom stereocenters. The average molecular weight is 193 g/mol. The van der Waals surface area contributed by atoms with Crippen molar-refractivity contribution >= 4 is 0 Å². The number of nitrogens with two attached hydrogens (primary N) is 1. The first-order valence-electron chi connectivity index (χ1n) is 5.12. The molecule has 14 heavy (non-hydrogen) atoms. The summed E-state index contributed by atoms with van der Waals surface area (Å²) in [6.45, 7) is 4.28. The van der Waals surface area contributed by atoms with Crippen molar-refractivity contribution in [1.29, 1.82) is 0 Å². The maximum Gasteiger partial charge on any atom is 0.123 e. The smallest absolute Gasteiger partial charge is 0.123 e. The van der Waals surface area contributed by atoms with Crippen molar-refractivity contribution < 1.29 is 4.39 Å². The Morgan fingerprint density at radius 3 is 2.43 bits per heavy atom. The Hall–Kier alpha value is -0.890. The van der Waals surface area contributed by atoms with Crippen molar-refractivity contribution in [3.63, 3.8) is 0 Å². The van der Waals surface area contributed by atoms with E-state index in [-0.39, 0.29) is 11.9 Å². The van der Waals surface area contributed by atoms with Crippen molar-refractivity contribution in [2.75, 3.05) is 0 Å². The molecular weight excluding hydrogens is 177 g/mol. The highest BCUT2D eigenvalue weighted by Crippen LogP contribution is 2.46. The van der Waals surface area contributed by atoms with Crippen LogP contribution in [0, 0.1) is 17.7 Å². The van der Waals surface area contributed by atoms with Gasteiger partial charge in [-0.05, 0) is 35.4 Å². The standard InChI is InChI=1S/C12H16FN/c1-7-11(8(2)12(7)14)9-4-3-5-10(13)6-9/h3-8,11-12H,14H2,1-2H3. The molecule has 2 N–H and O–H groups in total. The van der Waals surface area contributed by atoms with Crippen LogP contribution in [0.25, 0.3) is 0 Å². The molecule has 2 heteroatoms. The van der Waals surface area contributed by atoms with Gasteiger partial charge in [0.2, 0.25) is 0 Å². The molecule has 0 bridgehead atoms. The van der Waals surface area contributed by atoms with E-state index in [1.165, 1.54) is 6.07 Å². The molecule has 0 amide bonds. The van der Waals surface area contributed by atoms with Crippen LogP contribution in [0.5, 0.6) is 0 Å². The minimum Gasteiger partial charge on any atom is -0.327 e. The Morgan fingerprint density at radius 1 is 1.21 bits per heavy atom. The zero-order valence-electron chi connectivity index (χ0n) is 8.57. The normalized spacial score (nSPS) is 36.6. The highest BCUT2D eigenvalue weighted by Gasteiger charge is 2.43. The van der Waals surface area contributed by atoms with Crippen LogP contribution in [0.4, 0.5) is 4.39 Å². The summed E-state index contributed by atoms with van der Waals surface area (Å²) < 4.78 is 13.0. The van der Waals surface area contributed by atoms with Crippen LogP contribution in [0.2, 0.25) is 0 Å². The molecule has 1 fully saturated rings. The van der Waals surface area contributed by atoms with E-state index in [1.807, 2.05) is 6.07 Å². The van der Waals surface area contributed by atoms with E-state index in [1.54, 1.807) is 12.1 Å². The summed E-state index contributed by atoms with van der Waals surface area (Å²) in [5.41, 5.74) is 7.03. The Kier molecular flexibility index (Phi) is 2.31. The third kappa shape index (κ3) is 1.34. The van der Waals surface area contributed by atoms with Crippen LogP contribution < -0.4 is 5.73 Å². The lowest BCUT2D eigenvalue weighted by molar-refractivity contribution is 0.129. The molecule has 76 valence electrons. The molecule has 1 saturated carbocycles. The SMILES string of the molecule is CC1C(N)C(C)C1c1cccc(F)c1. The largest absolute Gasteiger partial charge is 0.327 e. The molecule has 0 aromatic heterocycles. The first-order valence-corrected chi connectivity index (χ1v) is 5.12. The third-order valence-corrected chi connectivity index (χ3v) is 3.58. The highest BCUT2D eigenvalue weighted by atomic mass is 19.1. The fourth-order valence-corrected chi connectivity index (χ4v) is 2.61. The molecule has 0 heterocycles. The van der Waals surface area contributed by atoms with E-state index >= 15 is 0 Å². The van der Waals surface area contributed by atoms with Crippen LogP contribution in [0.3, 0.4) is 0 Å². The zero-order chi connectivity index (χ0) is 10.3. The molecule has 0 radical (unpaired) electrons. The lowest BCUT2D eigenvalue weighted by Gasteiger charge is -2.47. The van der Waals surface area contributed by atoms with Crippen molar-refractivity contribution in [1.82, 2.24) is 0 Å². The summed E-state index contributed by atoms with van der Waals surface area (Å²) in [6, 6.07) is 7.14. The van der Waals surface area contributed by atoms with Crippen LogP contribution >= 0.6 is 0 Å². The third-order valence-electron chi connectivity index (χ3n) is 3.58. The average Bonchev–Trinajstić information content (AvgIpc) is 2.18. The van der Waals surface area contributed by atoms with Gasteiger partial charge >= 0.3 is 0 Å². The molecule has 1 aromatic rings. The van der Waals surface area contributed by atoms with E-state index in [2.05, 4.69) is 13.8 Å².